The number of rotatable bonds is 9. The van der Waals surface area contributed by atoms with Gasteiger partial charge in [0, 0.05) is 33.0 Å². The van der Waals surface area contributed by atoms with Crippen molar-refractivity contribution in [2.75, 3.05) is 13.7 Å². The van der Waals surface area contributed by atoms with Gasteiger partial charge in [-0.25, -0.2) is 9.18 Å². The number of carbonyl (C=O) groups excluding carboxylic acids is 1. The normalized spacial score (nSPS) is 11.9. The molecule has 1 heterocycles. The molecule has 0 aliphatic heterocycles. The molecule has 1 aromatic heterocycles. The maximum Gasteiger partial charge on any atom is 0.326 e. The SMILES string of the molecule is COCCC(NC(=O)CCc1ccc(-c2ccccc2F)o1)C(=O)O. The van der Waals surface area contributed by atoms with Crippen molar-refractivity contribution in [3.8, 4) is 11.3 Å². The van der Waals surface area contributed by atoms with Crippen molar-refractivity contribution < 1.29 is 28.2 Å². The van der Waals surface area contributed by atoms with Crippen LogP contribution in [0.25, 0.3) is 11.3 Å². The number of carboxylic acids is 1. The monoisotopic (exact) mass is 349 g/mol. The summed E-state index contributed by atoms with van der Waals surface area (Å²) in [5.74, 6) is -0.977. The maximum atomic E-state index is 13.7. The molecule has 134 valence electrons. The van der Waals surface area contributed by atoms with Gasteiger partial charge < -0.3 is 19.6 Å². The van der Waals surface area contributed by atoms with E-state index >= 15 is 0 Å². The average molecular weight is 349 g/mol. The molecule has 2 aromatic rings. The van der Waals surface area contributed by atoms with Crippen molar-refractivity contribution in [1.82, 2.24) is 5.32 Å². The van der Waals surface area contributed by atoms with E-state index < -0.39 is 17.9 Å². The first-order valence-corrected chi connectivity index (χ1v) is 7.86. The van der Waals surface area contributed by atoms with Crippen molar-refractivity contribution >= 4 is 11.9 Å². The summed E-state index contributed by atoms with van der Waals surface area (Å²) in [7, 11) is 1.46. The van der Waals surface area contributed by atoms with Gasteiger partial charge in [0.25, 0.3) is 0 Å². The Labute approximate surface area is 144 Å². The molecule has 1 amide bonds. The van der Waals surface area contributed by atoms with Crippen LogP contribution in [0.1, 0.15) is 18.6 Å². The zero-order valence-corrected chi connectivity index (χ0v) is 13.8. The van der Waals surface area contributed by atoms with E-state index in [0.717, 1.165) is 0 Å². The summed E-state index contributed by atoms with van der Waals surface area (Å²) in [5.41, 5.74) is 0.351. The van der Waals surface area contributed by atoms with E-state index in [1.807, 2.05) is 0 Å². The molecule has 6 nitrogen and oxygen atoms in total. The van der Waals surface area contributed by atoms with E-state index in [9.17, 15) is 14.0 Å². The molecule has 25 heavy (non-hydrogen) atoms. The molecule has 0 bridgehead atoms. The number of hydrogen-bond donors (Lipinski definition) is 2. The molecule has 1 atom stereocenters. The third-order valence-electron chi connectivity index (χ3n) is 3.64. The number of benzene rings is 1. The minimum Gasteiger partial charge on any atom is -0.480 e. The number of methoxy groups -OCH3 is 1. The number of aliphatic carboxylic acids is 1. The second-order valence-corrected chi connectivity index (χ2v) is 5.49. The van der Waals surface area contributed by atoms with Crippen LogP contribution in [0, 0.1) is 5.82 Å². The summed E-state index contributed by atoms with van der Waals surface area (Å²) in [6.45, 7) is 0.238. The quantitative estimate of drug-likeness (QED) is 0.726. The van der Waals surface area contributed by atoms with Gasteiger partial charge in [-0.2, -0.15) is 0 Å². The van der Waals surface area contributed by atoms with Crippen LogP contribution in [-0.4, -0.2) is 36.7 Å². The van der Waals surface area contributed by atoms with Gasteiger partial charge in [0.15, 0.2) is 0 Å². The number of furan rings is 1. The van der Waals surface area contributed by atoms with Crippen LogP contribution >= 0.6 is 0 Å². The Hall–Kier alpha value is -2.67. The van der Waals surface area contributed by atoms with E-state index in [4.69, 9.17) is 14.3 Å². The zero-order chi connectivity index (χ0) is 18.2. The summed E-state index contributed by atoms with van der Waals surface area (Å²) in [6, 6.07) is 8.58. The van der Waals surface area contributed by atoms with Crippen molar-refractivity contribution in [3.05, 3.63) is 48.0 Å². The zero-order valence-electron chi connectivity index (χ0n) is 13.8. The summed E-state index contributed by atoms with van der Waals surface area (Å²) in [5, 5.41) is 11.5. The van der Waals surface area contributed by atoms with Crippen LogP contribution in [0.15, 0.2) is 40.8 Å². The lowest BCUT2D eigenvalue weighted by Crippen LogP contribution is -2.41. The highest BCUT2D eigenvalue weighted by atomic mass is 19.1. The molecule has 0 saturated heterocycles. The number of hydrogen-bond acceptors (Lipinski definition) is 4. The first-order valence-electron chi connectivity index (χ1n) is 7.86. The summed E-state index contributed by atoms with van der Waals surface area (Å²) in [6.07, 6.45) is 0.549. The van der Waals surface area contributed by atoms with E-state index in [-0.39, 0.29) is 31.7 Å². The number of halogens is 1. The molecule has 0 fully saturated rings. The molecule has 0 radical (unpaired) electrons. The Kier molecular flexibility index (Phi) is 6.71. The van der Waals surface area contributed by atoms with E-state index in [1.165, 1.54) is 13.2 Å². The van der Waals surface area contributed by atoms with Crippen LogP contribution < -0.4 is 5.32 Å². The molecule has 7 heteroatoms. The highest BCUT2D eigenvalue weighted by Gasteiger charge is 2.19. The third kappa shape index (κ3) is 5.42. The Bertz CT molecular complexity index is 728. The number of ether oxygens (including phenoxy) is 1. The van der Waals surface area contributed by atoms with Crippen molar-refractivity contribution in [3.63, 3.8) is 0 Å². The number of amides is 1. The Morgan fingerprint density at radius 2 is 2.04 bits per heavy atom. The van der Waals surface area contributed by atoms with Crippen LogP contribution in [0.5, 0.6) is 0 Å². The Balaban J connectivity index is 1.90. The molecule has 0 aliphatic rings. The largest absolute Gasteiger partial charge is 0.480 e. The smallest absolute Gasteiger partial charge is 0.326 e. The van der Waals surface area contributed by atoms with Crippen LogP contribution in [-0.2, 0) is 20.7 Å². The molecule has 2 N–H and O–H groups in total. The van der Waals surface area contributed by atoms with Gasteiger partial charge in [0.1, 0.15) is 23.4 Å². The van der Waals surface area contributed by atoms with Gasteiger partial charge in [-0.3, -0.25) is 4.79 Å². The number of carboxylic acid groups (broad SMARTS) is 1. The van der Waals surface area contributed by atoms with Gasteiger partial charge in [-0.05, 0) is 24.3 Å². The predicted molar refractivity (Wildman–Crippen MR) is 88.5 cm³/mol. The minimum atomic E-state index is -1.11. The lowest BCUT2D eigenvalue weighted by molar-refractivity contribution is -0.142. The summed E-state index contributed by atoms with van der Waals surface area (Å²) in [4.78, 5) is 23.0. The number of aryl methyl sites for hydroxylation is 1. The minimum absolute atomic E-state index is 0.0704. The van der Waals surface area contributed by atoms with Gasteiger partial charge in [0.2, 0.25) is 5.91 Å². The number of nitrogens with one attached hydrogen (secondary N) is 1. The van der Waals surface area contributed by atoms with Crippen molar-refractivity contribution in [2.45, 2.75) is 25.3 Å². The molecule has 1 unspecified atom stereocenters. The molecule has 1 aromatic carbocycles. The Morgan fingerprint density at radius 1 is 1.28 bits per heavy atom. The summed E-state index contributed by atoms with van der Waals surface area (Å²) >= 11 is 0. The van der Waals surface area contributed by atoms with Gasteiger partial charge in [-0.1, -0.05) is 12.1 Å². The third-order valence-corrected chi connectivity index (χ3v) is 3.64. The van der Waals surface area contributed by atoms with E-state index in [0.29, 0.717) is 17.1 Å². The molecule has 0 saturated carbocycles. The van der Waals surface area contributed by atoms with Crippen LogP contribution in [0.2, 0.25) is 0 Å². The molecule has 0 spiro atoms. The highest BCUT2D eigenvalue weighted by molar-refractivity contribution is 5.83. The lowest BCUT2D eigenvalue weighted by Gasteiger charge is -2.13. The van der Waals surface area contributed by atoms with Crippen LogP contribution in [0.3, 0.4) is 0 Å². The van der Waals surface area contributed by atoms with Gasteiger partial charge in [-0.15, -0.1) is 0 Å². The van der Waals surface area contributed by atoms with Gasteiger partial charge >= 0.3 is 5.97 Å². The molecule has 0 aliphatic carbocycles. The van der Waals surface area contributed by atoms with E-state index in [1.54, 1.807) is 30.3 Å². The fourth-order valence-electron chi connectivity index (χ4n) is 2.31. The lowest BCUT2D eigenvalue weighted by atomic mass is 10.1. The topological polar surface area (TPSA) is 88.8 Å². The van der Waals surface area contributed by atoms with Crippen molar-refractivity contribution in [1.29, 1.82) is 0 Å². The fourth-order valence-corrected chi connectivity index (χ4v) is 2.31. The van der Waals surface area contributed by atoms with Crippen LogP contribution in [0.4, 0.5) is 4.39 Å². The maximum absolute atomic E-state index is 13.7. The van der Waals surface area contributed by atoms with E-state index in [2.05, 4.69) is 5.32 Å². The standard InChI is InChI=1S/C18H20FNO5/c1-24-11-10-15(18(22)23)20-17(21)9-7-12-6-8-16(25-12)13-4-2-3-5-14(13)19/h2-6,8,15H,7,9-11H2,1H3,(H,20,21)(H,22,23). The molecule has 2 rings (SSSR count). The molecular formula is C18H20FNO5. The van der Waals surface area contributed by atoms with Crippen molar-refractivity contribution in [2.24, 2.45) is 0 Å². The molecular weight excluding hydrogens is 329 g/mol. The Morgan fingerprint density at radius 3 is 2.72 bits per heavy atom. The highest BCUT2D eigenvalue weighted by Crippen LogP contribution is 2.25. The summed E-state index contributed by atoms with van der Waals surface area (Å²) < 4.78 is 24.1. The first kappa shape index (κ1) is 18.7. The number of carbonyl (C=O) groups is 2. The second kappa shape index (κ2) is 8.98. The predicted octanol–water partition coefficient (Wildman–Crippen LogP) is 2.62. The van der Waals surface area contributed by atoms with Gasteiger partial charge in [0.05, 0.1) is 5.56 Å². The average Bonchev–Trinajstić information content (AvgIpc) is 3.05. The second-order valence-electron chi connectivity index (χ2n) is 5.49. The first-order chi connectivity index (χ1) is 12.0. The fraction of sp³-hybridized carbons (Fsp3) is 0.333.